The summed E-state index contributed by atoms with van der Waals surface area (Å²) in [4.78, 5) is 11.8. The second-order valence-corrected chi connectivity index (χ2v) is 5.67. The smallest absolute Gasteiger partial charge is 0.271 e. The molecule has 0 heterocycles. The fourth-order valence-corrected chi connectivity index (χ4v) is 1.83. The number of benzene rings is 2. The van der Waals surface area contributed by atoms with Crippen molar-refractivity contribution in [2.75, 3.05) is 21.1 Å². The number of nitrogens with one attached hydrogen (secondary N) is 1. The molecule has 1 amide bonds. The van der Waals surface area contributed by atoms with Crippen LogP contribution in [0.3, 0.4) is 0 Å². The van der Waals surface area contributed by atoms with Crippen LogP contribution >= 0.6 is 0 Å². The molecule has 0 aliphatic carbocycles. The lowest BCUT2D eigenvalue weighted by Gasteiger charge is -2.23. The summed E-state index contributed by atoms with van der Waals surface area (Å²) in [7, 11) is 6.34. The van der Waals surface area contributed by atoms with Crippen molar-refractivity contribution in [1.29, 1.82) is 0 Å². The van der Waals surface area contributed by atoms with Crippen molar-refractivity contribution < 1.29 is 4.79 Å². The number of quaternary nitrogens is 1. The quantitative estimate of drug-likeness (QED) is 0.523. The molecule has 0 aromatic heterocycles. The monoisotopic (exact) mass is 282 g/mol. The first kappa shape index (κ1) is 14.9. The molecule has 0 aliphatic rings. The molecule has 0 atom stereocenters. The van der Waals surface area contributed by atoms with Gasteiger partial charge in [0.15, 0.2) is 0 Å². The van der Waals surface area contributed by atoms with Crippen LogP contribution in [-0.2, 0) is 0 Å². The van der Waals surface area contributed by atoms with Gasteiger partial charge in [-0.25, -0.2) is 5.43 Å². The lowest BCUT2D eigenvalue weighted by molar-refractivity contribution is 0.0955. The van der Waals surface area contributed by atoms with Crippen LogP contribution in [0.15, 0.2) is 59.7 Å². The fraction of sp³-hybridized carbons (Fsp3) is 0.176. The van der Waals surface area contributed by atoms with Gasteiger partial charge >= 0.3 is 0 Å². The normalized spacial score (nSPS) is 11.6. The van der Waals surface area contributed by atoms with E-state index in [1.54, 1.807) is 18.3 Å². The van der Waals surface area contributed by atoms with E-state index in [1.807, 2.05) is 30.3 Å². The third-order valence-electron chi connectivity index (χ3n) is 3.08. The first-order chi connectivity index (χ1) is 9.97. The third-order valence-corrected chi connectivity index (χ3v) is 3.08. The Labute approximate surface area is 125 Å². The van der Waals surface area contributed by atoms with Gasteiger partial charge in [-0.1, -0.05) is 18.2 Å². The lowest BCUT2D eigenvalue weighted by Crippen LogP contribution is -2.34. The minimum Gasteiger partial charge on any atom is -0.298 e. The van der Waals surface area contributed by atoms with Gasteiger partial charge in [0.05, 0.1) is 27.4 Å². The van der Waals surface area contributed by atoms with Crippen molar-refractivity contribution in [2.24, 2.45) is 5.10 Å². The maximum Gasteiger partial charge on any atom is 0.271 e. The third kappa shape index (κ3) is 4.26. The topological polar surface area (TPSA) is 41.5 Å². The molecule has 2 rings (SSSR count). The standard InChI is InChI=1S/C17H19N3O/c1-20(2,3)16-11-9-14(10-12-16)13-18-19-17(21)15-7-5-4-6-8-15/h4-13H,1-3H3/p+1. The van der Waals surface area contributed by atoms with Crippen LogP contribution in [0.5, 0.6) is 0 Å². The van der Waals surface area contributed by atoms with Gasteiger partial charge in [-0.2, -0.15) is 5.10 Å². The number of rotatable bonds is 4. The van der Waals surface area contributed by atoms with E-state index in [9.17, 15) is 4.79 Å². The van der Waals surface area contributed by atoms with Crippen molar-refractivity contribution >= 4 is 17.8 Å². The summed E-state index contributed by atoms with van der Waals surface area (Å²) in [6.45, 7) is 0. The van der Waals surface area contributed by atoms with E-state index in [0.717, 1.165) is 10.0 Å². The molecule has 2 aromatic rings. The zero-order valence-corrected chi connectivity index (χ0v) is 12.6. The maximum atomic E-state index is 11.8. The van der Waals surface area contributed by atoms with Crippen LogP contribution in [0.25, 0.3) is 0 Å². The second kappa shape index (κ2) is 6.33. The van der Waals surface area contributed by atoms with E-state index in [-0.39, 0.29) is 5.91 Å². The Bertz CT molecular complexity index is 625. The predicted octanol–water partition coefficient (Wildman–Crippen LogP) is 2.65. The molecule has 21 heavy (non-hydrogen) atoms. The molecule has 0 radical (unpaired) electrons. The first-order valence-electron chi connectivity index (χ1n) is 6.77. The fourth-order valence-electron chi connectivity index (χ4n) is 1.83. The maximum absolute atomic E-state index is 11.8. The zero-order valence-electron chi connectivity index (χ0n) is 12.6. The average molecular weight is 282 g/mol. The first-order valence-corrected chi connectivity index (χ1v) is 6.77. The highest BCUT2D eigenvalue weighted by atomic mass is 16.2. The molecule has 1 N–H and O–H groups in total. The predicted molar refractivity (Wildman–Crippen MR) is 87.5 cm³/mol. The SMILES string of the molecule is C[N+](C)(C)c1ccc(C=NNC(=O)c2ccccc2)cc1. The summed E-state index contributed by atoms with van der Waals surface area (Å²) >= 11 is 0. The van der Waals surface area contributed by atoms with Crippen LogP contribution in [0.1, 0.15) is 15.9 Å². The van der Waals surface area contributed by atoms with Crippen LogP contribution in [0.2, 0.25) is 0 Å². The van der Waals surface area contributed by atoms with E-state index in [4.69, 9.17) is 0 Å². The van der Waals surface area contributed by atoms with Gasteiger partial charge in [0, 0.05) is 5.56 Å². The number of hydrazone groups is 1. The molecule has 0 bridgehead atoms. The highest BCUT2D eigenvalue weighted by Gasteiger charge is 2.10. The minimum absolute atomic E-state index is 0.213. The van der Waals surface area contributed by atoms with Crippen LogP contribution < -0.4 is 9.91 Å². The summed E-state index contributed by atoms with van der Waals surface area (Å²) in [6, 6.07) is 17.1. The molecule has 0 spiro atoms. The summed E-state index contributed by atoms with van der Waals surface area (Å²) in [5.41, 5.74) is 5.27. The van der Waals surface area contributed by atoms with Crippen LogP contribution in [0.4, 0.5) is 5.69 Å². The number of carbonyl (C=O) groups excluding carboxylic acids is 1. The molecule has 0 fully saturated rings. The summed E-state index contributed by atoms with van der Waals surface area (Å²) < 4.78 is 0.766. The molecule has 4 heteroatoms. The highest BCUT2D eigenvalue weighted by molar-refractivity contribution is 5.94. The Morgan fingerprint density at radius 3 is 2.19 bits per heavy atom. The Morgan fingerprint density at radius 1 is 1.00 bits per heavy atom. The van der Waals surface area contributed by atoms with Crippen LogP contribution in [-0.4, -0.2) is 33.3 Å². The Balaban J connectivity index is 1.97. The zero-order chi connectivity index (χ0) is 15.3. The van der Waals surface area contributed by atoms with Gasteiger partial charge < -0.3 is 0 Å². The number of amides is 1. The number of hydrogen-bond acceptors (Lipinski definition) is 2. The van der Waals surface area contributed by atoms with Crippen molar-refractivity contribution in [2.45, 2.75) is 0 Å². The molecule has 0 unspecified atom stereocenters. The van der Waals surface area contributed by atoms with Gasteiger partial charge in [0.2, 0.25) is 0 Å². The number of carbonyl (C=O) groups is 1. The Hall–Kier alpha value is -2.46. The molecule has 0 saturated carbocycles. The molecular weight excluding hydrogens is 262 g/mol. The molecule has 4 nitrogen and oxygen atoms in total. The molecule has 0 saturated heterocycles. The Morgan fingerprint density at radius 2 is 1.62 bits per heavy atom. The van der Waals surface area contributed by atoms with Crippen molar-refractivity contribution in [3.05, 3.63) is 65.7 Å². The summed E-state index contributed by atoms with van der Waals surface area (Å²) in [5, 5.41) is 3.98. The molecule has 2 aromatic carbocycles. The van der Waals surface area contributed by atoms with Crippen molar-refractivity contribution in [3.8, 4) is 0 Å². The molecule has 108 valence electrons. The van der Waals surface area contributed by atoms with E-state index in [1.165, 1.54) is 5.69 Å². The van der Waals surface area contributed by atoms with Gasteiger partial charge in [0.25, 0.3) is 5.91 Å². The highest BCUT2D eigenvalue weighted by Crippen LogP contribution is 2.16. The van der Waals surface area contributed by atoms with E-state index < -0.39 is 0 Å². The lowest BCUT2D eigenvalue weighted by atomic mass is 10.2. The van der Waals surface area contributed by atoms with Crippen LogP contribution in [0, 0.1) is 0 Å². The van der Waals surface area contributed by atoms with E-state index in [2.05, 4.69) is 43.8 Å². The number of hydrogen-bond donors (Lipinski definition) is 1. The summed E-state index contributed by atoms with van der Waals surface area (Å²) in [5.74, 6) is -0.213. The second-order valence-electron chi connectivity index (χ2n) is 5.67. The van der Waals surface area contributed by atoms with E-state index >= 15 is 0 Å². The minimum atomic E-state index is -0.213. The van der Waals surface area contributed by atoms with Crippen molar-refractivity contribution in [1.82, 2.24) is 9.91 Å². The van der Waals surface area contributed by atoms with Crippen molar-refractivity contribution in [3.63, 3.8) is 0 Å². The van der Waals surface area contributed by atoms with Gasteiger partial charge in [-0.05, 0) is 42.0 Å². The number of nitrogens with zero attached hydrogens (tertiary/aromatic N) is 2. The van der Waals surface area contributed by atoms with Gasteiger partial charge in [-0.3, -0.25) is 9.28 Å². The Kier molecular flexibility index (Phi) is 4.50. The average Bonchev–Trinajstić information content (AvgIpc) is 2.47. The van der Waals surface area contributed by atoms with E-state index in [0.29, 0.717) is 5.56 Å². The summed E-state index contributed by atoms with van der Waals surface area (Å²) in [6.07, 6.45) is 1.64. The van der Waals surface area contributed by atoms with Gasteiger partial charge in [0.1, 0.15) is 5.69 Å². The van der Waals surface area contributed by atoms with Gasteiger partial charge in [-0.15, -0.1) is 0 Å². The molecule has 0 aliphatic heterocycles. The molecular formula is C17H20N3O+. The largest absolute Gasteiger partial charge is 0.298 e.